The molecule has 1 aromatic heterocycles. The second-order valence-corrected chi connectivity index (χ2v) is 4.71. The smallest absolute Gasteiger partial charge is 0.162 e. The van der Waals surface area contributed by atoms with E-state index in [4.69, 9.17) is 15.9 Å². The Balaban J connectivity index is 3.15. The van der Waals surface area contributed by atoms with Crippen molar-refractivity contribution in [2.45, 2.75) is 33.1 Å². The van der Waals surface area contributed by atoms with Gasteiger partial charge in [0.15, 0.2) is 5.82 Å². The highest BCUT2D eigenvalue weighted by Gasteiger charge is 2.19. The fourth-order valence-corrected chi connectivity index (χ4v) is 2.26. The molecule has 0 fully saturated rings. The first-order chi connectivity index (χ1) is 9.56. The summed E-state index contributed by atoms with van der Waals surface area (Å²) in [5.74, 6) is 0.739. The summed E-state index contributed by atoms with van der Waals surface area (Å²) in [7, 11) is 3.63. The van der Waals surface area contributed by atoms with Crippen LogP contribution in [0.3, 0.4) is 0 Å². The SMILES string of the molecule is CCc1nnc(N(C)CCCOC)c(C(=N)N)c1CC. The number of hydrogen-bond donors (Lipinski definition) is 2. The summed E-state index contributed by atoms with van der Waals surface area (Å²) in [5.41, 5.74) is 8.45. The third-order valence-corrected chi connectivity index (χ3v) is 3.30. The molecule has 0 spiro atoms. The lowest BCUT2D eigenvalue weighted by Crippen LogP contribution is -2.27. The Bertz CT molecular complexity index is 461. The van der Waals surface area contributed by atoms with Crippen molar-refractivity contribution in [1.82, 2.24) is 10.2 Å². The van der Waals surface area contributed by atoms with E-state index in [9.17, 15) is 0 Å². The number of ether oxygens (including phenoxy) is 1. The van der Waals surface area contributed by atoms with Crippen LogP contribution >= 0.6 is 0 Å². The van der Waals surface area contributed by atoms with E-state index in [-0.39, 0.29) is 5.84 Å². The number of nitrogen functional groups attached to an aromatic ring is 1. The molecule has 0 saturated carbocycles. The van der Waals surface area contributed by atoms with E-state index in [0.717, 1.165) is 42.6 Å². The molecule has 6 heteroatoms. The number of hydrogen-bond acceptors (Lipinski definition) is 5. The highest BCUT2D eigenvalue weighted by Crippen LogP contribution is 2.23. The number of aryl methyl sites for hydroxylation is 1. The molecule has 112 valence electrons. The average Bonchev–Trinajstić information content (AvgIpc) is 2.45. The van der Waals surface area contributed by atoms with Crippen molar-refractivity contribution in [1.29, 1.82) is 5.41 Å². The highest BCUT2D eigenvalue weighted by atomic mass is 16.5. The van der Waals surface area contributed by atoms with Gasteiger partial charge in [-0.2, -0.15) is 5.10 Å². The Morgan fingerprint density at radius 1 is 1.30 bits per heavy atom. The molecule has 0 aliphatic rings. The van der Waals surface area contributed by atoms with Gasteiger partial charge in [-0.05, 0) is 24.8 Å². The van der Waals surface area contributed by atoms with Crippen LogP contribution in [0.25, 0.3) is 0 Å². The number of amidine groups is 1. The van der Waals surface area contributed by atoms with Gasteiger partial charge < -0.3 is 15.4 Å². The van der Waals surface area contributed by atoms with Crippen molar-refractivity contribution in [2.75, 3.05) is 32.2 Å². The highest BCUT2D eigenvalue weighted by molar-refractivity contribution is 6.01. The minimum absolute atomic E-state index is 0.0556. The number of rotatable bonds is 8. The van der Waals surface area contributed by atoms with Crippen LogP contribution in [-0.4, -0.2) is 43.3 Å². The lowest BCUT2D eigenvalue weighted by Gasteiger charge is -2.22. The molecule has 1 aromatic rings. The molecule has 6 nitrogen and oxygen atoms in total. The second kappa shape index (κ2) is 7.79. The Morgan fingerprint density at radius 2 is 2.00 bits per heavy atom. The van der Waals surface area contributed by atoms with Crippen molar-refractivity contribution in [3.05, 3.63) is 16.8 Å². The number of aromatic nitrogens is 2. The predicted octanol–water partition coefficient (Wildman–Crippen LogP) is 1.36. The van der Waals surface area contributed by atoms with Gasteiger partial charge in [-0.25, -0.2) is 0 Å². The van der Waals surface area contributed by atoms with E-state index in [2.05, 4.69) is 17.1 Å². The zero-order valence-corrected chi connectivity index (χ0v) is 12.9. The molecule has 0 saturated heterocycles. The van der Waals surface area contributed by atoms with Crippen LogP contribution in [-0.2, 0) is 17.6 Å². The summed E-state index contributed by atoms with van der Waals surface area (Å²) < 4.78 is 5.06. The van der Waals surface area contributed by atoms with Gasteiger partial charge >= 0.3 is 0 Å². The van der Waals surface area contributed by atoms with E-state index < -0.39 is 0 Å². The number of nitrogens with one attached hydrogen (secondary N) is 1. The Labute approximate surface area is 120 Å². The van der Waals surface area contributed by atoms with Crippen LogP contribution in [0.1, 0.15) is 37.1 Å². The maximum absolute atomic E-state index is 7.86. The minimum Gasteiger partial charge on any atom is -0.385 e. The zero-order chi connectivity index (χ0) is 15.1. The van der Waals surface area contributed by atoms with Gasteiger partial charge in [0.05, 0.1) is 11.3 Å². The molecule has 0 radical (unpaired) electrons. The van der Waals surface area contributed by atoms with Crippen LogP contribution in [0.5, 0.6) is 0 Å². The fourth-order valence-electron chi connectivity index (χ4n) is 2.26. The predicted molar refractivity (Wildman–Crippen MR) is 81.6 cm³/mol. The van der Waals surface area contributed by atoms with Gasteiger partial charge in [0.25, 0.3) is 0 Å². The summed E-state index contributed by atoms with van der Waals surface area (Å²) >= 11 is 0. The molecule has 3 N–H and O–H groups in total. The molecule has 0 unspecified atom stereocenters. The van der Waals surface area contributed by atoms with E-state index in [1.807, 2.05) is 18.9 Å². The normalized spacial score (nSPS) is 10.6. The molecular weight excluding hydrogens is 254 g/mol. The first-order valence-corrected chi connectivity index (χ1v) is 6.99. The summed E-state index contributed by atoms with van der Waals surface area (Å²) in [4.78, 5) is 1.99. The number of anilines is 1. The quantitative estimate of drug-likeness (QED) is 0.426. The standard InChI is InChI=1S/C14H25N5O/c1-5-10-11(6-2)17-18-14(12(10)13(15)16)19(3)8-7-9-20-4/h5-9H2,1-4H3,(H3,15,16). The molecule has 1 rings (SSSR count). The molecule has 0 atom stereocenters. The third-order valence-electron chi connectivity index (χ3n) is 3.30. The molecule has 0 bridgehead atoms. The van der Waals surface area contributed by atoms with Gasteiger partial charge in [0.2, 0.25) is 0 Å². The van der Waals surface area contributed by atoms with Gasteiger partial charge in [0.1, 0.15) is 5.84 Å². The van der Waals surface area contributed by atoms with E-state index >= 15 is 0 Å². The van der Waals surface area contributed by atoms with Gasteiger partial charge in [-0.15, -0.1) is 5.10 Å². The monoisotopic (exact) mass is 279 g/mol. The third kappa shape index (κ3) is 3.66. The first-order valence-electron chi connectivity index (χ1n) is 6.99. The number of nitrogens with two attached hydrogens (primary N) is 1. The van der Waals surface area contributed by atoms with E-state index in [1.165, 1.54) is 0 Å². The maximum Gasteiger partial charge on any atom is 0.162 e. The Morgan fingerprint density at radius 3 is 2.50 bits per heavy atom. The molecule has 0 amide bonds. The van der Waals surface area contributed by atoms with E-state index in [1.54, 1.807) is 7.11 Å². The zero-order valence-electron chi connectivity index (χ0n) is 12.9. The van der Waals surface area contributed by atoms with Crippen LogP contribution in [0, 0.1) is 5.41 Å². The Hall–Kier alpha value is -1.69. The minimum atomic E-state index is 0.0556. The van der Waals surface area contributed by atoms with Crippen molar-refractivity contribution >= 4 is 11.7 Å². The second-order valence-electron chi connectivity index (χ2n) is 4.71. The summed E-state index contributed by atoms with van der Waals surface area (Å²) in [5, 5.41) is 16.4. The number of nitrogens with zero attached hydrogens (tertiary/aromatic N) is 3. The van der Waals surface area contributed by atoms with Crippen LogP contribution in [0.15, 0.2) is 0 Å². The van der Waals surface area contributed by atoms with Gasteiger partial charge in [-0.3, -0.25) is 5.41 Å². The van der Waals surface area contributed by atoms with Crippen molar-refractivity contribution in [3.8, 4) is 0 Å². The molecule has 0 aliphatic heterocycles. The molecule has 0 aromatic carbocycles. The fraction of sp³-hybridized carbons (Fsp3) is 0.643. The molecule has 1 heterocycles. The van der Waals surface area contributed by atoms with Gasteiger partial charge in [0, 0.05) is 27.3 Å². The molecular formula is C14H25N5O. The van der Waals surface area contributed by atoms with Crippen molar-refractivity contribution < 1.29 is 4.74 Å². The average molecular weight is 279 g/mol. The summed E-state index contributed by atoms with van der Waals surface area (Å²) in [6.45, 7) is 5.57. The largest absolute Gasteiger partial charge is 0.385 e. The van der Waals surface area contributed by atoms with Crippen molar-refractivity contribution in [2.24, 2.45) is 5.73 Å². The molecule has 20 heavy (non-hydrogen) atoms. The van der Waals surface area contributed by atoms with Gasteiger partial charge in [-0.1, -0.05) is 13.8 Å². The first kappa shape index (κ1) is 16.4. The topological polar surface area (TPSA) is 88.1 Å². The lowest BCUT2D eigenvalue weighted by atomic mass is 10.0. The lowest BCUT2D eigenvalue weighted by molar-refractivity contribution is 0.196. The maximum atomic E-state index is 7.86. The van der Waals surface area contributed by atoms with Crippen LogP contribution < -0.4 is 10.6 Å². The Kier molecular flexibility index (Phi) is 6.38. The molecule has 0 aliphatic carbocycles. The van der Waals surface area contributed by atoms with E-state index in [0.29, 0.717) is 12.4 Å². The summed E-state index contributed by atoms with van der Waals surface area (Å²) in [6, 6.07) is 0. The van der Waals surface area contributed by atoms with Crippen molar-refractivity contribution in [3.63, 3.8) is 0 Å². The van der Waals surface area contributed by atoms with Crippen LogP contribution in [0.4, 0.5) is 5.82 Å². The van der Waals surface area contributed by atoms with Crippen LogP contribution in [0.2, 0.25) is 0 Å². The number of methoxy groups -OCH3 is 1. The summed E-state index contributed by atoms with van der Waals surface area (Å²) in [6.07, 6.45) is 2.49.